The molecule has 0 radical (unpaired) electrons. The molecule has 1 aliphatic heterocycles. The number of halogens is 1. The standard InChI is InChI=1S/C22H23ClN4O4S2/c1-22(9-10-26(14-22)12-16-5-3-2-4-6-16)25-19-8-7-17(11-18(19)23)33(30,31)27(21(28)29)20-13-32-15-24-20/h2-8,11,13,15,25H,9-10,12,14H2,1H3,(H,28,29)/t22-/m0/s1. The Morgan fingerprint density at radius 2 is 2.06 bits per heavy atom. The molecule has 0 unspecified atom stereocenters. The summed E-state index contributed by atoms with van der Waals surface area (Å²) in [6, 6.07) is 14.4. The van der Waals surface area contributed by atoms with Gasteiger partial charge in [0, 0.05) is 30.6 Å². The molecule has 11 heteroatoms. The van der Waals surface area contributed by atoms with Crippen molar-refractivity contribution < 1.29 is 18.3 Å². The Bertz CT molecular complexity index is 1240. The second-order valence-electron chi connectivity index (χ2n) is 8.17. The summed E-state index contributed by atoms with van der Waals surface area (Å²) in [6.45, 7) is 4.68. The number of likely N-dealkylation sites (tertiary alicyclic amines) is 1. The van der Waals surface area contributed by atoms with Crippen LogP contribution in [-0.4, -0.2) is 48.1 Å². The third-order valence-corrected chi connectivity index (χ3v) is 8.08. The van der Waals surface area contributed by atoms with Crippen LogP contribution in [0, 0.1) is 0 Å². The molecule has 2 N–H and O–H groups in total. The Morgan fingerprint density at radius 3 is 2.70 bits per heavy atom. The van der Waals surface area contributed by atoms with Gasteiger partial charge in [0.25, 0.3) is 10.0 Å². The molecule has 33 heavy (non-hydrogen) atoms. The molecule has 0 saturated carbocycles. The highest BCUT2D eigenvalue weighted by Gasteiger charge is 2.35. The van der Waals surface area contributed by atoms with Gasteiger partial charge in [0.2, 0.25) is 0 Å². The zero-order valence-electron chi connectivity index (χ0n) is 17.8. The van der Waals surface area contributed by atoms with Gasteiger partial charge in [0.15, 0.2) is 5.82 Å². The number of aromatic nitrogens is 1. The number of sulfonamides is 1. The SMILES string of the molecule is C[C@]1(Nc2ccc(S(=O)(=O)N(C(=O)O)c3cscn3)cc2Cl)CCN(Cc2ccccc2)C1. The lowest BCUT2D eigenvalue weighted by atomic mass is 10.0. The summed E-state index contributed by atoms with van der Waals surface area (Å²) in [5.41, 5.74) is 2.96. The van der Waals surface area contributed by atoms with Crippen LogP contribution in [-0.2, 0) is 16.6 Å². The highest BCUT2D eigenvalue weighted by Crippen LogP contribution is 2.33. The van der Waals surface area contributed by atoms with Gasteiger partial charge in [-0.25, -0.2) is 18.2 Å². The van der Waals surface area contributed by atoms with Crippen molar-refractivity contribution in [1.29, 1.82) is 0 Å². The van der Waals surface area contributed by atoms with E-state index in [1.54, 1.807) is 6.07 Å². The minimum atomic E-state index is -4.39. The Balaban J connectivity index is 1.50. The highest BCUT2D eigenvalue weighted by molar-refractivity contribution is 7.93. The predicted octanol–water partition coefficient (Wildman–Crippen LogP) is 4.75. The number of hydrogen-bond donors (Lipinski definition) is 2. The number of hydrogen-bond acceptors (Lipinski definition) is 7. The van der Waals surface area contributed by atoms with Crippen LogP contribution >= 0.6 is 22.9 Å². The number of benzene rings is 2. The minimum Gasteiger partial charge on any atom is -0.464 e. The van der Waals surface area contributed by atoms with Gasteiger partial charge in [-0.1, -0.05) is 41.9 Å². The number of thiazole rings is 1. The molecular formula is C22H23ClN4O4S2. The molecule has 174 valence electrons. The molecule has 3 aromatic rings. The van der Waals surface area contributed by atoms with Crippen LogP contribution in [0.3, 0.4) is 0 Å². The van der Waals surface area contributed by atoms with Gasteiger partial charge in [-0.2, -0.15) is 0 Å². The minimum absolute atomic E-state index is 0.178. The maximum atomic E-state index is 13.0. The number of rotatable bonds is 7. The Kier molecular flexibility index (Phi) is 6.62. The van der Waals surface area contributed by atoms with Gasteiger partial charge in [0.05, 0.1) is 21.1 Å². The number of carboxylic acid groups (broad SMARTS) is 1. The summed E-state index contributed by atoms with van der Waals surface area (Å²) in [7, 11) is -4.39. The van der Waals surface area contributed by atoms with E-state index >= 15 is 0 Å². The average Bonchev–Trinajstić information content (AvgIpc) is 3.40. The Morgan fingerprint density at radius 1 is 1.30 bits per heavy atom. The molecule has 2 heterocycles. The van der Waals surface area contributed by atoms with Crippen molar-refractivity contribution in [1.82, 2.24) is 9.88 Å². The van der Waals surface area contributed by atoms with Crippen LogP contribution in [0.25, 0.3) is 0 Å². The Hall–Kier alpha value is -2.66. The van der Waals surface area contributed by atoms with Crippen molar-refractivity contribution in [2.24, 2.45) is 0 Å². The van der Waals surface area contributed by atoms with Gasteiger partial charge < -0.3 is 10.4 Å². The molecule has 1 aromatic heterocycles. The molecule has 4 rings (SSSR count). The highest BCUT2D eigenvalue weighted by atomic mass is 35.5. The van der Waals surface area contributed by atoms with E-state index < -0.39 is 16.1 Å². The number of nitrogens with zero attached hydrogens (tertiary/aromatic N) is 3. The fourth-order valence-corrected chi connectivity index (χ4v) is 6.10. The molecule has 0 spiro atoms. The fraction of sp³-hybridized carbons (Fsp3) is 0.273. The monoisotopic (exact) mass is 506 g/mol. The van der Waals surface area contributed by atoms with Crippen LogP contribution in [0.4, 0.5) is 16.3 Å². The summed E-state index contributed by atoms with van der Waals surface area (Å²) in [4.78, 5) is 17.6. The first-order chi connectivity index (χ1) is 15.7. The molecule has 0 aliphatic carbocycles. The summed E-state index contributed by atoms with van der Waals surface area (Å²) >= 11 is 7.53. The third-order valence-electron chi connectivity index (χ3n) is 5.52. The second kappa shape index (κ2) is 9.30. The van der Waals surface area contributed by atoms with Crippen molar-refractivity contribution >= 4 is 50.6 Å². The van der Waals surface area contributed by atoms with E-state index in [0.717, 1.165) is 37.4 Å². The molecule has 0 bridgehead atoms. The second-order valence-corrected chi connectivity index (χ2v) is 11.1. The van der Waals surface area contributed by atoms with E-state index in [1.165, 1.54) is 28.6 Å². The normalized spacial score (nSPS) is 18.8. The maximum Gasteiger partial charge on any atom is 0.427 e. The zero-order valence-corrected chi connectivity index (χ0v) is 20.2. The first-order valence-electron chi connectivity index (χ1n) is 10.2. The summed E-state index contributed by atoms with van der Waals surface area (Å²) in [5.74, 6) is -0.178. The van der Waals surface area contributed by atoms with Crippen molar-refractivity contribution in [3.05, 3.63) is 70.0 Å². The topological polar surface area (TPSA) is 103 Å². The van der Waals surface area contributed by atoms with Crippen LogP contribution in [0.5, 0.6) is 0 Å². The zero-order chi connectivity index (χ0) is 23.6. The molecule has 1 fully saturated rings. The van der Waals surface area contributed by atoms with Crippen LogP contribution in [0.1, 0.15) is 18.9 Å². The van der Waals surface area contributed by atoms with Gasteiger partial charge in [0.1, 0.15) is 0 Å². The summed E-state index contributed by atoms with van der Waals surface area (Å²) in [6.07, 6.45) is -0.747. The average molecular weight is 507 g/mol. The van der Waals surface area contributed by atoms with Gasteiger partial charge in [-0.05, 0) is 37.1 Å². The number of nitrogens with one attached hydrogen (secondary N) is 1. The smallest absolute Gasteiger partial charge is 0.427 e. The molecule has 1 aliphatic rings. The summed E-state index contributed by atoms with van der Waals surface area (Å²) in [5, 5.41) is 14.5. The van der Waals surface area contributed by atoms with Gasteiger partial charge in [-0.15, -0.1) is 15.6 Å². The van der Waals surface area contributed by atoms with E-state index in [9.17, 15) is 18.3 Å². The molecule has 2 aromatic carbocycles. The third kappa shape index (κ3) is 5.14. The number of anilines is 2. The van der Waals surface area contributed by atoms with Crippen molar-refractivity contribution in [2.75, 3.05) is 22.7 Å². The lowest BCUT2D eigenvalue weighted by molar-refractivity contribution is 0.206. The number of amides is 1. The van der Waals surface area contributed by atoms with Crippen molar-refractivity contribution in [3.63, 3.8) is 0 Å². The van der Waals surface area contributed by atoms with Crippen molar-refractivity contribution in [3.8, 4) is 0 Å². The van der Waals surface area contributed by atoms with Gasteiger partial charge in [-0.3, -0.25) is 4.90 Å². The lowest BCUT2D eigenvalue weighted by Crippen LogP contribution is -2.38. The predicted molar refractivity (Wildman–Crippen MR) is 130 cm³/mol. The van der Waals surface area contributed by atoms with E-state index in [2.05, 4.69) is 34.3 Å². The van der Waals surface area contributed by atoms with E-state index in [-0.39, 0.29) is 25.6 Å². The van der Waals surface area contributed by atoms with Crippen LogP contribution in [0.2, 0.25) is 5.02 Å². The van der Waals surface area contributed by atoms with Gasteiger partial charge >= 0.3 is 6.09 Å². The van der Waals surface area contributed by atoms with Crippen LogP contribution in [0.15, 0.2) is 64.3 Å². The molecule has 1 amide bonds. The van der Waals surface area contributed by atoms with Crippen LogP contribution < -0.4 is 9.62 Å². The largest absolute Gasteiger partial charge is 0.464 e. The molecular weight excluding hydrogens is 484 g/mol. The quantitative estimate of drug-likeness (QED) is 0.476. The van der Waals surface area contributed by atoms with E-state index in [4.69, 9.17) is 11.6 Å². The van der Waals surface area contributed by atoms with E-state index in [0.29, 0.717) is 5.69 Å². The molecule has 1 atom stereocenters. The molecule has 8 nitrogen and oxygen atoms in total. The maximum absolute atomic E-state index is 13.0. The van der Waals surface area contributed by atoms with Crippen molar-refractivity contribution in [2.45, 2.75) is 30.3 Å². The first kappa shape index (κ1) is 23.5. The Labute approximate surface area is 201 Å². The number of carbonyl (C=O) groups is 1. The first-order valence-corrected chi connectivity index (χ1v) is 12.9. The molecule has 1 saturated heterocycles. The lowest BCUT2D eigenvalue weighted by Gasteiger charge is -2.28. The fourth-order valence-electron chi connectivity index (χ4n) is 3.95. The summed E-state index contributed by atoms with van der Waals surface area (Å²) < 4.78 is 26.2. The van der Waals surface area contributed by atoms with E-state index in [1.807, 2.05) is 18.2 Å².